The monoisotopic (exact) mass is 293 g/mol. The Kier molecular flexibility index (Phi) is 4.33. The fourth-order valence-electron chi connectivity index (χ4n) is 2.10. The zero-order chi connectivity index (χ0) is 14.9. The molecule has 1 aromatic carbocycles. The number of nitrogens with zero attached hydrogens (tertiary/aromatic N) is 1. The first-order valence-electron chi connectivity index (χ1n) is 7.02. The third-order valence-electron chi connectivity index (χ3n) is 3.66. The van der Waals surface area contributed by atoms with Gasteiger partial charge >= 0.3 is 0 Å². The van der Waals surface area contributed by atoms with Crippen LogP contribution in [0.25, 0.3) is 0 Å². The van der Waals surface area contributed by atoms with Gasteiger partial charge in [-0.2, -0.15) is 0 Å². The number of hydrogen-bond donors (Lipinski definition) is 0. The van der Waals surface area contributed by atoms with Crippen LogP contribution in [0.15, 0.2) is 34.2 Å². The van der Waals surface area contributed by atoms with Gasteiger partial charge in [0.15, 0.2) is 0 Å². The highest BCUT2D eigenvalue weighted by Gasteiger charge is 2.39. The summed E-state index contributed by atoms with van der Waals surface area (Å²) in [5.41, 5.74) is 1.16. The van der Waals surface area contributed by atoms with Gasteiger partial charge < -0.3 is 4.74 Å². The number of aliphatic imine (C=N–C) groups is 1. The molecule has 0 aliphatic carbocycles. The molecule has 0 saturated carbocycles. The van der Waals surface area contributed by atoms with Gasteiger partial charge in [0.05, 0.1) is 16.8 Å². The zero-order valence-corrected chi connectivity index (χ0v) is 13.7. The third-order valence-corrected chi connectivity index (χ3v) is 5.46. The maximum atomic E-state index is 12.8. The molecule has 4 heteroatoms. The summed E-state index contributed by atoms with van der Waals surface area (Å²) in [6.45, 7) is 10.8. The standard InChI is InChI=1S/C16H23NO2S/c1-11(2)14-10-19-15(17-14)16(4,5)20(18)13-8-6-12(3)7-9-13/h6-9,11,14H,10H2,1-5H3/t14-,20?/m1/s1. The lowest BCUT2D eigenvalue weighted by Crippen LogP contribution is -2.37. The molecule has 1 aromatic rings. The van der Waals surface area contributed by atoms with E-state index in [4.69, 9.17) is 4.74 Å². The summed E-state index contributed by atoms with van der Waals surface area (Å²) in [6.07, 6.45) is 0. The lowest BCUT2D eigenvalue weighted by atomic mass is 10.1. The van der Waals surface area contributed by atoms with E-state index in [1.165, 1.54) is 0 Å². The SMILES string of the molecule is Cc1ccc(S(=O)C(C)(C)C2=N[C@@H](C(C)C)CO2)cc1. The number of benzene rings is 1. The largest absolute Gasteiger partial charge is 0.478 e. The highest BCUT2D eigenvalue weighted by atomic mass is 32.2. The number of rotatable bonds is 4. The number of aryl methyl sites for hydroxylation is 1. The maximum absolute atomic E-state index is 12.8. The fourth-order valence-corrected chi connectivity index (χ4v) is 3.34. The van der Waals surface area contributed by atoms with E-state index < -0.39 is 15.5 Å². The number of ether oxygens (including phenoxy) is 1. The van der Waals surface area contributed by atoms with Crippen molar-refractivity contribution in [1.82, 2.24) is 0 Å². The molecule has 0 spiro atoms. The summed E-state index contributed by atoms with van der Waals surface area (Å²) in [7, 11) is -1.18. The van der Waals surface area contributed by atoms with Crippen molar-refractivity contribution in [3.63, 3.8) is 0 Å². The average molecular weight is 293 g/mol. The van der Waals surface area contributed by atoms with Crippen molar-refractivity contribution in [3.8, 4) is 0 Å². The van der Waals surface area contributed by atoms with Crippen LogP contribution in [0.1, 0.15) is 33.3 Å². The van der Waals surface area contributed by atoms with E-state index in [0.29, 0.717) is 18.4 Å². The van der Waals surface area contributed by atoms with Gasteiger partial charge in [-0.3, -0.25) is 4.21 Å². The Morgan fingerprint density at radius 2 is 1.90 bits per heavy atom. The molecule has 0 fully saturated rings. The number of hydrogen-bond acceptors (Lipinski definition) is 3. The summed E-state index contributed by atoms with van der Waals surface area (Å²) >= 11 is 0. The van der Waals surface area contributed by atoms with Crippen LogP contribution in [0.4, 0.5) is 0 Å². The van der Waals surface area contributed by atoms with Gasteiger partial charge in [0.1, 0.15) is 11.4 Å². The van der Waals surface area contributed by atoms with Crippen molar-refractivity contribution in [3.05, 3.63) is 29.8 Å². The van der Waals surface area contributed by atoms with Gasteiger partial charge in [-0.25, -0.2) is 4.99 Å². The van der Waals surface area contributed by atoms with E-state index in [-0.39, 0.29) is 6.04 Å². The van der Waals surface area contributed by atoms with E-state index in [9.17, 15) is 4.21 Å². The lowest BCUT2D eigenvalue weighted by Gasteiger charge is -2.23. The summed E-state index contributed by atoms with van der Waals surface area (Å²) in [5.74, 6) is 1.06. The quantitative estimate of drug-likeness (QED) is 0.854. The molecule has 1 unspecified atom stereocenters. The van der Waals surface area contributed by atoms with Gasteiger partial charge in [-0.15, -0.1) is 0 Å². The van der Waals surface area contributed by atoms with E-state index >= 15 is 0 Å². The van der Waals surface area contributed by atoms with E-state index in [1.807, 2.05) is 45.0 Å². The molecule has 1 heterocycles. The van der Waals surface area contributed by atoms with Gasteiger partial charge in [0.2, 0.25) is 5.90 Å². The van der Waals surface area contributed by atoms with Crippen LogP contribution in [-0.2, 0) is 15.5 Å². The molecule has 2 rings (SSSR count). The maximum Gasteiger partial charge on any atom is 0.202 e. The van der Waals surface area contributed by atoms with Crippen molar-refractivity contribution in [2.75, 3.05) is 6.61 Å². The molecule has 0 aromatic heterocycles. The molecule has 1 aliphatic rings. The van der Waals surface area contributed by atoms with Crippen LogP contribution in [0.2, 0.25) is 0 Å². The van der Waals surface area contributed by atoms with Crippen molar-refractivity contribution in [1.29, 1.82) is 0 Å². The van der Waals surface area contributed by atoms with Crippen molar-refractivity contribution < 1.29 is 8.95 Å². The minimum atomic E-state index is -1.18. The molecule has 0 amide bonds. The Labute approximate surface area is 123 Å². The van der Waals surface area contributed by atoms with Crippen molar-refractivity contribution in [2.24, 2.45) is 10.9 Å². The topological polar surface area (TPSA) is 38.7 Å². The molecule has 20 heavy (non-hydrogen) atoms. The van der Waals surface area contributed by atoms with E-state index in [1.54, 1.807) is 0 Å². The molecule has 0 bridgehead atoms. The van der Waals surface area contributed by atoms with Gasteiger partial charge in [-0.1, -0.05) is 31.5 Å². The zero-order valence-electron chi connectivity index (χ0n) is 12.8. The average Bonchev–Trinajstić information content (AvgIpc) is 2.89. The molecular weight excluding hydrogens is 270 g/mol. The first-order valence-corrected chi connectivity index (χ1v) is 8.17. The summed E-state index contributed by atoms with van der Waals surface area (Å²) in [4.78, 5) is 5.44. The van der Waals surface area contributed by atoms with Gasteiger partial charge in [0.25, 0.3) is 0 Å². The second-order valence-corrected chi connectivity index (χ2v) is 8.18. The Bertz CT molecular complexity index is 532. The minimum Gasteiger partial charge on any atom is -0.478 e. The molecule has 110 valence electrons. The van der Waals surface area contributed by atoms with Gasteiger partial charge in [0, 0.05) is 4.90 Å². The highest BCUT2D eigenvalue weighted by molar-refractivity contribution is 7.87. The second-order valence-electron chi connectivity index (χ2n) is 6.15. The smallest absolute Gasteiger partial charge is 0.202 e. The van der Waals surface area contributed by atoms with Crippen LogP contribution in [-0.4, -0.2) is 27.5 Å². The first kappa shape index (κ1) is 15.2. The Balaban J connectivity index is 2.24. The van der Waals surface area contributed by atoms with Crippen LogP contribution in [0, 0.1) is 12.8 Å². The molecule has 0 saturated heterocycles. The second kappa shape index (κ2) is 5.68. The fraction of sp³-hybridized carbons (Fsp3) is 0.562. The Morgan fingerprint density at radius 1 is 1.30 bits per heavy atom. The van der Waals surface area contributed by atoms with Crippen LogP contribution in [0.5, 0.6) is 0 Å². The third kappa shape index (κ3) is 2.95. The summed E-state index contributed by atoms with van der Waals surface area (Å²) in [5, 5.41) is 0. The summed E-state index contributed by atoms with van der Waals surface area (Å²) < 4.78 is 17.9. The molecule has 3 nitrogen and oxygen atoms in total. The lowest BCUT2D eigenvalue weighted by molar-refractivity contribution is 0.282. The predicted molar refractivity (Wildman–Crippen MR) is 83.7 cm³/mol. The highest BCUT2D eigenvalue weighted by Crippen LogP contribution is 2.27. The molecule has 0 N–H and O–H groups in total. The molecule has 0 radical (unpaired) electrons. The first-order chi connectivity index (χ1) is 9.32. The molecular formula is C16H23NO2S. The van der Waals surface area contributed by atoms with Crippen LogP contribution in [0.3, 0.4) is 0 Å². The Morgan fingerprint density at radius 3 is 2.40 bits per heavy atom. The minimum absolute atomic E-state index is 0.180. The van der Waals surface area contributed by atoms with Crippen LogP contribution < -0.4 is 0 Å². The van der Waals surface area contributed by atoms with Crippen LogP contribution >= 0.6 is 0 Å². The predicted octanol–water partition coefficient (Wildman–Crippen LogP) is 3.33. The molecule has 2 atom stereocenters. The van der Waals surface area contributed by atoms with E-state index in [0.717, 1.165) is 10.5 Å². The normalized spacial score (nSPS) is 20.7. The summed E-state index contributed by atoms with van der Waals surface area (Å²) in [6, 6.07) is 7.99. The Hall–Kier alpha value is -1.16. The van der Waals surface area contributed by atoms with Gasteiger partial charge in [-0.05, 0) is 38.8 Å². The van der Waals surface area contributed by atoms with Crippen molar-refractivity contribution >= 4 is 16.7 Å². The van der Waals surface area contributed by atoms with Crippen molar-refractivity contribution in [2.45, 2.75) is 50.3 Å². The molecule has 1 aliphatic heterocycles. The van der Waals surface area contributed by atoms with E-state index in [2.05, 4.69) is 18.8 Å².